The zero-order valence-corrected chi connectivity index (χ0v) is 16.1. The molecular weight excluding hydrogens is 366 g/mol. The van der Waals surface area contributed by atoms with E-state index in [1.807, 2.05) is 29.5 Å². The zero-order chi connectivity index (χ0) is 17.9. The molecule has 0 atom stereocenters. The van der Waals surface area contributed by atoms with Crippen LogP contribution in [0.4, 0.5) is 16.2 Å². The smallest absolute Gasteiger partial charge is 0.281 e. The second-order valence-electron chi connectivity index (χ2n) is 6.46. The lowest BCUT2D eigenvalue weighted by atomic mass is 10.1. The highest BCUT2D eigenvalue weighted by atomic mass is 32.2. The number of nitrogens with one attached hydrogen (secondary N) is 1. The maximum atomic E-state index is 12.4. The Morgan fingerprint density at radius 2 is 2.08 bits per heavy atom. The quantitative estimate of drug-likeness (QED) is 0.848. The van der Waals surface area contributed by atoms with Gasteiger partial charge in [0, 0.05) is 43.2 Å². The average molecular weight is 388 g/mol. The van der Waals surface area contributed by atoms with Crippen LogP contribution >= 0.6 is 23.1 Å². The van der Waals surface area contributed by atoms with Crippen molar-refractivity contribution in [2.75, 3.05) is 35.6 Å². The summed E-state index contributed by atoms with van der Waals surface area (Å²) in [4.78, 5) is 29.6. The van der Waals surface area contributed by atoms with Crippen LogP contribution in [0.3, 0.4) is 0 Å². The van der Waals surface area contributed by atoms with Gasteiger partial charge in [-0.1, -0.05) is 23.9 Å². The monoisotopic (exact) mass is 387 g/mol. The van der Waals surface area contributed by atoms with Gasteiger partial charge in [-0.15, -0.1) is 11.3 Å². The third kappa shape index (κ3) is 3.73. The molecule has 7 heteroatoms. The van der Waals surface area contributed by atoms with Crippen molar-refractivity contribution in [2.24, 2.45) is 0 Å². The van der Waals surface area contributed by atoms with Crippen molar-refractivity contribution in [1.82, 2.24) is 4.90 Å². The topological polar surface area (TPSA) is 52.7 Å². The molecule has 1 aromatic carbocycles. The van der Waals surface area contributed by atoms with E-state index in [2.05, 4.69) is 27.7 Å². The van der Waals surface area contributed by atoms with Gasteiger partial charge in [-0.25, -0.2) is 0 Å². The van der Waals surface area contributed by atoms with Crippen molar-refractivity contribution in [3.05, 3.63) is 46.2 Å². The molecule has 1 N–H and O–H groups in total. The van der Waals surface area contributed by atoms with Gasteiger partial charge >= 0.3 is 0 Å². The Balaban J connectivity index is 1.41. The number of carbonyl (C=O) groups is 2. The van der Waals surface area contributed by atoms with Gasteiger partial charge in [0.25, 0.3) is 5.24 Å². The molecule has 2 amide bonds. The number of benzene rings is 1. The number of fused-ring (bicyclic) bond motifs is 1. The summed E-state index contributed by atoms with van der Waals surface area (Å²) in [5.41, 5.74) is 3.29. The van der Waals surface area contributed by atoms with Crippen LogP contribution in [-0.4, -0.2) is 41.4 Å². The standard InChI is InChI=1S/C19H21N3O2S2/c23-18(6-9-21-10-12-26-19(21)24)20-15-3-1-2-4-16(15)22-8-5-17-14(13-22)7-11-25-17/h1-4,7,11H,5-6,8-10,12-13H2,(H,20,23). The van der Waals surface area contributed by atoms with E-state index in [1.54, 1.807) is 4.90 Å². The van der Waals surface area contributed by atoms with Gasteiger partial charge in [0.2, 0.25) is 5.91 Å². The largest absolute Gasteiger partial charge is 0.365 e. The van der Waals surface area contributed by atoms with Crippen LogP contribution in [0.2, 0.25) is 0 Å². The number of thiophene rings is 1. The van der Waals surface area contributed by atoms with Crippen LogP contribution in [0.15, 0.2) is 35.7 Å². The van der Waals surface area contributed by atoms with Gasteiger partial charge in [0.05, 0.1) is 11.4 Å². The molecule has 26 heavy (non-hydrogen) atoms. The first-order valence-corrected chi connectivity index (χ1v) is 10.7. The number of thioether (sulfide) groups is 1. The highest BCUT2D eigenvalue weighted by molar-refractivity contribution is 8.13. The third-order valence-corrected chi connectivity index (χ3v) is 6.70. The van der Waals surface area contributed by atoms with Crippen molar-refractivity contribution < 1.29 is 9.59 Å². The number of rotatable bonds is 5. The average Bonchev–Trinajstić information content (AvgIpc) is 3.28. The van der Waals surface area contributed by atoms with Gasteiger partial charge in [-0.3, -0.25) is 9.59 Å². The number of amides is 2. The molecule has 0 aliphatic carbocycles. The van der Waals surface area contributed by atoms with Gasteiger partial charge < -0.3 is 15.1 Å². The van der Waals surface area contributed by atoms with E-state index in [-0.39, 0.29) is 11.1 Å². The van der Waals surface area contributed by atoms with E-state index in [0.717, 1.165) is 43.2 Å². The molecule has 0 radical (unpaired) electrons. The first-order chi connectivity index (χ1) is 12.7. The predicted octanol–water partition coefficient (Wildman–Crippen LogP) is 3.81. The molecule has 3 heterocycles. The van der Waals surface area contributed by atoms with Gasteiger partial charge in [-0.2, -0.15) is 0 Å². The van der Waals surface area contributed by atoms with E-state index < -0.39 is 0 Å². The summed E-state index contributed by atoms with van der Waals surface area (Å²) in [6.45, 7) is 3.07. The van der Waals surface area contributed by atoms with E-state index >= 15 is 0 Å². The van der Waals surface area contributed by atoms with Crippen molar-refractivity contribution >= 4 is 45.6 Å². The van der Waals surface area contributed by atoms with E-state index in [4.69, 9.17) is 0 Å². The normalized spacial score (nSPS) is 16.7. The molecule has 5 nitrogen and oxygen atoms in total. The zero-order valence-electron chi connectivity index (χ0n) is 14.4. The maximum absolute atomic E-state index is 12.4. The summed E-state index contributed by atoms with van der Waals surface area (Å²) in [5.74, 6) is 0.776. The second-order valence-corrected chi connectivity index (χ2v) is 8.50. The van der Waals surface area contributed by atoms with Crippen molar-refractivity contribution in [3.63, 3.8) is 0 Å². The first-order valence-electron chi connectivity index (χ1n) is 8.81. The summed E-state index contributed by atoms with van der Waals surface area (Å²) in [6, 6.07) is 10.2. The molecule has 2 aliphatic heterocycles. The van der Waals surface area contributed by atoms with Crippen LogP contribution in [0.5, 0.6) is 0 Å². The molecule has 0 spiro atoms. The molecule has 1 aromatic heterocycles. The summed E-state index contributed by atoms with van der Waals surface area (Å²) in [6.07, 6.45) is 1.37. The van der Waals surface area contributed by atoms with Crippen LogP contribution in [0.25, 0.3) is 0 Å². The Kier molecular flexibility index (Phi) is 5.17. The summed E-state index contributed by atoms with van der Waals surface area (Å²) < 4.78 is 0. The number of carbonyl (C=O) groups excluding carboxylic acids is 2. The number of anilines is 2. The third-order valence-electron chi connectivity index (χ3n) is 4.78. The molecule has 2 aromatic rings. The fraction of sp³-hybridized carbons (Fsp3) is 0.368. The fourth-order valence-electron chi connectivity index (χ4n) is 3.39. The SMILES string of the molecule is O=C(CCN1CCSC1=O)Nc1ccccc1N1CCc2sccc2C1. The van der Waals surface area contributed by atoms with Crippen LogP contribution in [0.1, 0.15) is 16.9 Å². The number of hydrogen-bond acceptors (Lipinski definition) is 5. The molecule has 1 saturated heterocycles. The molecular formula is C19H21N3O2S2. The van der Waals surface area contributed by atoms with Crippen LogP contribution < -0.4 is 10.2 Å². The lowest BCUT2D eigenvalue weighted by Crippen LogP contribution is -2.31. The highest BCUT2D eigenvalue weighted by Gasteiger charge is 2.22. The fourth-order valence-corrected chi connectivity index (χ4v) is 5.13. The van der Waals surface area contributed by atoms with Gasteiger partial charge in [-0.05, 0) is 35.6 Å². The lowest BCUT2D eigenvalue weighted by molar-refractivity contribution is -0.116. The molecule has 136 valence electrons. The molecule has 0 saturated carbocycles. The minimum atomic E-state index is -0.0459. The maximum Gasteiger partial charge on any atom is 0.281 e. The Morgan fingerprint density at radius 1 is 1.19 bits per heavy atom. The number of hydrogen-bond donors (Lipinski definition) is 1. The predicted molar refractivity (Wildman–Crippen MR) is 108 cm³/mol. The summed E-state index contributed by atoms with van der Waals surface area (Å²) in [5, 5.41) is 5.28. The highest BCUT2D eigenvalue weighted by Crippen LogP contribution is 2.32. The summed E-state index contributed by atoms with van der Waals surface area (Å²) >= 11 is 3.15. The van der Waals surface area contributed by atoms with Gasteiger partial charge in [0.15, 0.2) is 0 Å². The second kappa shape index (κ2) is 7.72. The number of para-hydroxylation sites is 2. The molecule has 0 unspecified atom stereocenters. The first kappa shape index (κ1) is 17.4. The Labute approximate surface area is 161 Å². The Hall–Kier alpha value is -1.99. The molecule has 2 aliphatic rings. The Bertz CT molecular complexity index is 821. The van der Waals surface area contributed by atoms with E-state index in [1.165, 1.54) is 22.2 Å². The van der Waals surface area contributed by atoms with Crippen molar-refractivity contribution in [1.29, 1.82) is 0 Å². The van der Waals surface area contributed by atoms with Crippen molar-refractivity contribution in [3.8, 4) is 0 Å². The molecule has 4 rings (SSSR count). The minimum Gasteiger partial charge on any atom is -0.365 e. The van der Waals surface area contributed by atoms with E-state index in [9.17, 15) is 9.59 Å². The minimum absolute atomic E-state index is 0.0459. The summed E-state index contributed by atoms with van der Waals surface area (Å²) in [7, 11) is 0. The van der Waals surface area contributed by atoms with Crippen molar-refractivity contribution in [2.45, 2.75) is 19.4 Å². The Morgan fingerprint density at radius 3 is 2.92 bits per heavy atom. The lowest BCUT2D eigenvalue weighted by Gasteiger charge is -2.30. The van der Waals surface area contributed by atoms with Gasteiger partial charge in [0.1, 0.15) is 0 Å². The molecule has 0 bridgehead atoms. The van der Waals surface area contributed by atoms with Crippen LogP contribution in [0, 0.1) is 0 Å². The molecule has 1 fully saturated rings. The van der Waals surface area contributed by atoms with Crippen LogP contribution in [-0.2, 0) is 17.8 Å². The van der Waals surface area contributed by atoms with E-state index in [0.29, 0.717) is 13.0 Å². The number of nitrogens with zero attached hydrogens (tertiary/aromatic N) is 2.